The maximum atomic E-state index is 3.55. The normalized spacial score (nSPS) is 14.7. The third kappa shape index (κ3) is 2.46. The third-order valence-electron chi connectivity index (χ3n) is 5.01. The van der Waals surface area contributed by atoms with Gasteiger partial charge in [0.05, 0.1) is 0 Å². The van der Waals surface area contributed by atoms with Gasteiger partial charge in [-0.3, -0.25) is 0 Å². The van der Waals surface area contributed by atoms with Crippen LogP contribution in [0.4, 0.5) is 0 Å². The summed E-state index contributed by atoms with van der Waals surface area (Å²) in [6, 6.07) is 13.8. The molecule has 0 fully saturated rings. The van der Waals surface area contributed by atoms with Gasteiger partial charge in [0.1, 0.15) is 0 Å². The number of fused-ring (bicyclic) bond motifs is 3. The van der Waals surface area contributed by atoms with Gasteiger partial charge >= 0.3 is 0 Å². The monoisotopic (exact) mass is 279 g/mol. The van der Waals surface area contributed by atoms with E-state index in [0.717, 1.165) is 0 Å². The summed E-state index contributed by atoms with van der Waals surface area (Å²) in [4.78, 5) is 3.55. The Morgan fingerprint density at radius 1 is 0.762 bits per heavy atom. The summed E-state index contributed by atoms with van der Waals surface area (Å²) in [6.07, 6.45) is 2.37. The number of rotatable bonds is 4. The second-order valence-electron chi connectivity index (χ2n) is 6.35. The molecule has 1 aromatic heterocycles. The van der Waals surface area contributed by atoms with Crippen molar-refractivity contribution in [1.82, 2.24) is 4.98 Å². The van der Waals surface area contributed by atoms with Crippen LogP contribution in [0.1, 0.15) is 63.5 Å². The second kappa shape index (κ2) is 5.55. The Morgan fingerprint density at radius 3 is 1.57 bits per heavy atom. The molecular weight excluding hydrogens is 254 g/mol. The molecule has 1 N–H and O–H groups in total. The molecule has 0 spiro atoms. The second-order valence-corrected chi connectivity index (χ2v) is 6.35. The van der Waals surface area contributed by atoms with Crippen molar-refractivity contribution in [3.05, 3.63) is 47.5 Å². The Labute approximate surface area is 127 Å². The van der Waals surface area contributed by atoms with Crippen molar-refractivity contribution in [3.63, 3.8) is 0 Å². The van der Waals surface area contributed by atoms with Gasteiger partial charge in [-0.2, -0.15) is 0 Å². The Balaban J connectivity index is 2.21. The zero-order valence-corrected chi connectivity index (χ0v) is 13.5. The van der Waals surface area contributed by atoms with Gasteiger partial charge in [-0.05, 0) is 60.1 Å². The standard InChI is InChI=1S/C20H25N/c1-5-13(3)15-7-9-19-17(11-15)18-12-16(14(4)6-2)8-10-20(18)21-19/h7-14,21H,5-6H2,1-4H3. The minimum Gasteiger partial charge on any atom is -0.355 e. The lowest BCUT2D eigenvalue weighted by Crippen LogP contribution is -1.91. The molecule has 0 amide bonds. The zero-order chi connectivity index (χ0) is 15.0. The van der Waals surface area contributed by atoms with Gasteiger partial charge < -0.3 is 4.98 Å². The molecule has 1 nitrogen and oxygen atoms in total. The molecule has 0 saturated heterocycles. The highest BCUT2D eigenvalue weighted by Gasteiger charge is 2.10. The first-order valence-electron chi connectivity index (χ1n) is 8.19. The van der Waals surface area contributed by atoms with Gasteiger partial charge in [-0.1, -0.05) is 39.8 Å². The van der Waals surface area contributed by atoms with E-state index in [1.54, 1.807) is 0 Å². The largest absolute Gasteiger partial charge is 0.355 e. The Kier molecular flexibility index (Phi) is 3.75. The molecule has 21 heavy (non-hydrogen) atoms. The number of hydrogen-bond donors (Lipinski definition) is 1. The van der Waals surface area contributed by atoms with Crippen LogP contribution in [0.5, 0.6) is 0 Å². The van der Waals surface area contributed by atoms with Crippen LogP contribution in [0.15, 0.2) is 36.4 Å². The molecule has 3 aromatic rings. The minimum absolute atomic E-state index is 0.622. The van der Waals surface area contributed by atoms with E-state index in [1.165, 1.54) is 45.8 Å². The molecule has 0 aliphatic rings. The lowest BCUT2D eigenvalue weighted by atomic mass is 9.95. The highest BCUT2D eigenvalue weighted by atomic mass is 14.7. The van der Waals surface area contributed by atoms with E-state index in [1.807, 2.05) is 0 Å². The predicted molar refractivity (Wildman–Crippen MR) is 93.2 cm³/mol. The number of H-pyrrole nitrogens is 1. The van der Waals surface area contributed by atoms with Crippen molar-refractivity contribution in [2.45, 2.75) is 52.4 Å². The van der Waals surface area contributed by atoms with Gasteiger partial charge in [0.25, 0.3) is 0 Å². The minimum atomic E-state index is 0.622. The number of aromatic amines is 1. The van der Waals surface area contributed by atoms with E-state index in [9.17, 15) is 0 Å². The molecule has 0 radical (unpaired) electrons. The molecule has 0 aliphatic carbocycles. The molecule has 2 unspecified atom stereocenters. The van der Waals surface area contributed by atoms with E-state index in [0.29, 0.717) is 11.8 Å². The van der Waals surface area contributed by atoms with Crippen LogP contribution < -0.4 is 0 Å². The molecule has 0 aliphatic heterocycles. The van der Waals surface area contributed by atoms with Crippen molar-refractivity contribution in [3.8, 4) is 0 Å². The van der Waals surface area contributed by atoms with E-state index >= 15 is 0 Å². The molecular formula is C20H25N. The highest BCUT2D eigenvalue weighted by Crippen LogP contribution is 2.32. The average Bonchev–Trinajstić information content (AvgIpc) is 2.90. The third-order valence-corrected chi connectivity index (χ3v) is 5.01. The van der Waals surface area contributed by atoms with E-state index in [-0.39, 0.29) is 0 Å². The molecule has 1 heteroatoms. The quantitative estimate of drug-likeness (QED) is 0.573. The predicted octanol–water partition coefficient (Wildman–Crippen LogP) is 6.35. The Morgan fingerprint density at radius 2 is 1.19 bits per heavy atom. The highest BCUT2D eigenvalue weighted by molar-refractivity contribution is 6.07. The number of hydrogen-bond acceptors (Lipinski definition) is 0. The SMILES string of the molecule is CCC(C)c1ccc2[nH]c3ccc(C(C)CC)cc3c2c1. The molecule has 110 valence electrons. The lowest BCUT2D eigenvalue weighted by Gasteiger charge is -2.10. The summed E-state index contributed by atoms with van der Waals surface area (Å²) < 4.78 is 0. The maximum absolute atomic E-state index is 3.55. The zero-order valence-electron chi connectivity index (χ0n) is 13.5. The van der Waals surface area contributed by atoms with E-state index in [4.69, 9.17) is 0 Å². The van der Waals surface area contributed by atoms with Crippen LogP contribution in [-0.2, 0) is 0 Å². The van der Waals surface area contributed by atoms with Crippen molar-refractivity contribution >= 4 is 21.8 Å². The Bertz CT molecular complexity index is 702. The smallest absolute Gasteiger partial charge is 0.0465 e. The summed E-state index contributed by atoms with van der Waals surface area (Å²) in [5.74, 6) is 1.24. The molecule has 2 atom stereocenters. The van der Waals surface area contributed by atoms with Crippen molar-refractivity contribution in [2.24, 2.45) is 0 Å². The van der Waals surface area contributed by atoms with Crippen molar-refractivity contribution in [2.75, 3.05) is 0 Å². The maximum Gasteiger partial charge on any atom is 0.0465 e. The number of aromatic nitrogens is 1. The van der Waals surface area contributed by atoms with Crippen LogP contribution in [0.2, 0.25) is 0 Å². The van der Waals surface area contributed by atoms with Crippen LogP contribution in [0, 0.1) is 0 Å². The summed E-state index contributed by atoms with van der Waals surface area (Å²) in [7, 11) is 0. The topological polar surface area (TPSA) is 15.8 Å². The summed E-state index contributed by atoms with van der Waals surface area (Å²) in [5.41, 5.74) is 5.39. The van der Waals surface area contributed by atoms with Gasteiger partial charge in [0.2, 0.25) is 0 Å². The summed E-state index contributed by atoms with van der Waals surface area (Å²) in [6.45, 7) is 9.12. The van der Waals surface area contributed by atoms with Crippen molar-refractivity contribution < 1.29 is 0 Å². The fourth-order valence-corrected chi connectivity index (χ4v) is 3.02. The molecule has 0 bridgehead atoms. The molecule has 0 saturated carbocycles. The van der Waals surface area contributed by atoms with Crippen LogP contribution >= 0.6 is 0 Å². The van der Waals surface area contributed by atoms with E-state index in [2.05, 4.69) is 69.1 Å². The van der Waals surface area contributed by atoms with Gasteiger partial charge in [0.15, 0.2) is 0 Å². The first-order valence-corrected chi connectivity index (χ1v) is 8.19. The summed E-state index contributed by atoms with van der Waals surface area (Å²) >= 11 is 0. The number of benzene rings is 2. The van der Waals surface area contributed by atoms with Gasteiger partial charge in [0, 0.05) is 21.8 Å². The van der Waals surface area contributed by atoms with Gasteiger partial charge in [-0.15, -0.1) is 0 Å². The molecule has 2 aromatic carbocycles. The number of nitrogens with one attached hydrogen (secondary N) is 1. The first-order chi connectivity index (χ1) is 10.1. The average molecular weight is 279 g/mol. The van der Waals surface area contributed by atoms with Crippen LogP contribution in [0.3, 0.4) is 0 Å². The fourth-order valence-electron chi connectivity index (χ4n) is 3.02. The Hall–Kier alpha value is -1.76. The van der Waals surface area contributed by atoms with Crippen LogP contribution in [0.25, 0.3) is 21.8 Å². The molecule has 1 heterocycles. The van der Waals surface area contributed by atoms with Gasteiger partial charge in [-0.25, -0.2) is 0 Å². The molecule has 3 rings (SSSR count). The fraction of sp³-hybridized carbons (Fsp3) is 0.400. The van der Waals surface area contributed by atoms with Crippen molar-refractivity contribution in [1.29, 1.82) is 0 Å². The van der Waals surface area contributed by atoms with E-state index < -0.39 is 0 Å². The lowest BCUT2D eigenvalue weighted by molar-refractivity contribution is 0.734. The first kappa shape index (κ1) is 14.2. The summed E-state index contributed by atoms with van der Waals surface area (Å²) in [5, 5.41) is 2.74. The van der Waals surface area contributed by atoms with Crippen LogP contribution in [-0.4, -0.2) is 4.98 Å².